The van der Waals surface area contributed by atoms with Crippen LogP contribution in [0.25, 0.3) is 0 Å². The highest BCUT2D eigenvalue weighted by Crippen LogP contribution is 2.46. The third kappa shape index (κ3) is 2.56. The van der Waals surface area contributed by atoms with Gasteiger partial charge in [0.2, 0.25) is 0 Å². The highest BCUT2D eigenvalue weighted by Gasteiger charge is 2.54. The number of hydrogen-bond acceptors (Lipinski definition) is 3. The summed E-state index contributed by atoms with van der Waals surface area (Å²) in [7, 11) is 1.74. The Labute approximate surface area is 165 Å². The maximum Gasteiger partial charge on any atom is 0.263 e. The van der Waals surface area contributed by atoms with Crippen LogP contribution >= 0.6 is 0 Å². The number of pyridine rings is 1. The molecule has 4 aliphatic rings. The number of benzene rings is 1. The van der Waals surface area contributed by atoms with Crippen LogP contribution in [0.1, 0.15) is 40.4 Å². The summed E-state index contributed by atoms with van der Waals surface area (Å²) in [6.07, 6.45) is 2.30. The van der Waals surface area contributed by atoms with E-state index in [9.17, 15) is 9.59 Å². The molecule has 4 saturated heterocycles. The molecule has 5 nitrogen and oxygen atoms in total. The Morgan fingerprint density at radius 2 is 1.71 bits per heavy atom. The second-order valence-electron chi connectivity index (χ2n) is 8.58. The highest BCUT2D eigenvalue weighted by molar-refractivity contribution is 5.94. The molecule has 0 N–H and O–H groups in total. The topological polar surface area (TPSA) is 45.6 Å². The third-order valence-electron chi connectivity index (χ3n) is 7.27. The van der Waals surface area contributed by atoms with E-state index in [0.717, 1.165) is 31.6 Å². The zero-order valence-corrected chi connectivity index (χ0v) is 16.5. The van der Waals surface area contributed by atoms with Gasteiger partial charge in [-0.05, 0) is 56.5 Å². The van der Waals surface area contributed by atoms with Gasteiger partial charge in [0.1, 0.15) is 5.56 Å². The van der Waals surface area contributed by atoms with Crippen LogP contribution in [0.4, 0.5) is 0 Å². The summed E-state index contributed by atoms with van der Waals surface area (Å²) in [5.41, 5.74) is 2.28. The average Bonchev–Trinajstić information content (AvgIpc) is 3.16. The summed E-state index contributed by atoms with van der Waals surface area (Å²) in [4.78, 5) is 30.9. The van der Waals surface area contributed by atoms with Gasteiger partial charge in [0, 0.05) is 31.2 Å². The molecule has 2 aromatic rings. The maximum atomic E-state index is 13.5. The van der Waals surface area contributed by atoms with E-state index in [0.29, 0.717) is 30.0 Å². The molecule has 146 valence electrons. The Bertz CT molecular complexity index is 960. The van der Waals surface area contributed by atoms with Crippen molar-refractivity contribution in [1.82, 2.24) is 14.4 Å². The minimum Gasteiger partial charge on any atom is -0.333 e. The van der Waals surface area contributed by atoms with Gasteiger partial charge >= 0.3 is 0 Å². The van der Waals surface area contributed by atoms with Gasteiger partial charge < -0.3 is 9.47 Å². The number of amides is 1. The smallest absolute Gasteiger partial charge is 0.263 e. The van der Waals surface area contributed by atoms with Crippen LogP contribution in [0.3, 0.4) is 0 Å². The normalized spacial score (nSPS) is 31.1. The van der Waals surface area contributed by atoms with E-state index in [2.05, 4.69) is 29.2 Å². The molecule has 6 rings (SSSR count). The first-order chi connectivity index (χ1) is 13.6. The minimum absolute atomic E-state index is 0.0946. The van der Waals surface area contributed by atoms with Crippen molar-refractivity contribution < 1.29 is 4.79 Å². The van der Waals surface area contributed by atoms with Crippen molar-refractivity contribution in [2.75, 3.05) is 19.6 Å². The molecule has 4 fully saturated rings. The van der Waals surface area contributed by atoms with E-state index >= 15 is 0 Å². The van der Waals surface area contributed by atoms with Crippen molar-refractivity contribution in [3.63, 3.8) is 0 Å². The van der Waals surface area contributed by atoms with Gasteiger partial charge in [-0.25, -0.2) is 0 Å². The fourth-order valence-corrected chi connectivity index (χ4v) is 5.69. The predicted molar refractivity (Wildman–Crippen MR) is 109 cm³/mol. The SMILES string of the molecule is Cc1ccc(C(=O)N2C[C@@H](c3ccccc3)[C@@H]3[C@H]2C2CCN3CC2)c(=O)n1C. The lowest BCUT2D eigenvalue weighted by atomic mass is 9.75. The lowest BCUT2D eigenvalue weighted by Crippen LogP contribution is -2.61. The molecule has 1 amide bonds. The van der Waals surface area contributed by atoms with Crippen molar-refractivity contribution >= 4 is 5.91 Å². The van der Waals surface area contributed by atoms with Crippen LogP contribution in [0, 0.1) is 12.8 Å². The van der Waals surface area contributed by atoms with Crippen LogP contribution in [-0.2, 0) is 7.05 Å². The summed E-state index contributed by atoms with van der Waals surface area (Å²) in [5, 5.41) is 0. The molecule has 0 spiro atoms. The molecule has 28 heavy (non-hydrogen) atoms. The molecule has 0 aliphatic carbocycles. The number of fused-ring (bicyclic) bond motifs is 2. The van der Waals surface area contributed by atoms with Gasteiger partial charge in [0.05, 0.1) is 6.04 Å². The van der Waals surface area contributed by atoms with E-state index < -0.39 is 0 Å². The first-order valence-electron chi connectivity index (χ1n) is 10.3. The number of nitrogens with zero attached hydrogens (tertiary/aromatic N) is 3. The quantitative estimate of drug-likeness (QED) is 0.807. The second-order valence-corrected chi connectivity index (χ2v) is 8.58. The molecule has 4 aliphatic heterocycles. The number of aryl methyl sites for hydroxylation is 1. The number of carbonyl (C=O) groups is 1. The van der Waals surface area contributed by atoms with E-state index in [1.54, 1.807) is 17.7 Å². The van der Waals surface area contributed by atoms with Gasteiger partial charge in [-0.1, -0.05) is 30.3 Å². The number of hydrogen-bond donors (Lipinski definition) is 0. The van der Waals surface area contributed by atoms with Crippen molar-refractivity contribution in [3.8, 4) is 0 Å². The van der Waals surface area contributed by atoms with Gasteiger partial charge in [0.25, 0.3) is 11.5 Å². The van der Waals surface area contributed by atoms with Crippen molar-refractivity contribution in [1.29, 1.82) is 0 Å². The largest absolute Gasteiger partial charge is 0.333 e. The van der Waals surface area contributed by atoms with Crippen LogP contribution in [0.5, 0.6) is 0 Å². The number of carbonyl (C=O) groups excluding carboxylic acids is 1. The molecule has 5 heterocycles. The second kappa shape index (κ2) is 6.59. The zero-order valence-electron chi connectivity index (χ0n) is 16.5. The Morgan fingerprint density at radius 3 is 2.43 bits per heavy atom. The first kappa shape index (κ1) is 17.7. The third-order valence-corrected chi connectivity index (χ3v) is 7.27. The van der Waals surface area contributed by atoms with E-state index in [4.69, 9.17) is 0 Å². The maximum absolute atomic E-state index is 13.5. The summed E-state index contributed by atoms with van der Waals surface area (Å²) < 4.78 is 1.58. The Hall–Kier alpha value is -2.40. The summed E-state index contributed by atoms with van der Waals surface area (Å²) in [6.45, 7) is 4.84. The van der Waals surface area contributed by atoms with Crippen molar-refractivity contribution in [2.45, 2.75) is 37.8 Å². The number of piperidine rings is 3. The summed E-state index contributed by atoms with van der Waals surface area (Å²) in [5.74, 6) is 0.761. The van der Waals surface area contributed by atoms with E-state index in [1.165, 1.54) is 5.56 Å². The molecule has 1 aromatic carbocycles. The van der Waals surface area contributed by atoms with Crippen LogP contribution in [0.15, 0.2) is 47.3 Å². The van der Waals surface area contributed by atoms with Gasteiger partial charge in [0.15, 0.2) is 0 Å². The molecular weight excluding hydrogens is 350 g/mol. The lowest BCUT2D eigenvalue weighted by Gasteiger charge is -2.51. The van der Waals surface area contributed by atoms with Crippen LogP contribution in [-0.4, -0.2) is 52.0 Å². The van der Waals surface area contributed by atoms with Crippen LogP contribution in [0.2, 0.25) is 0 Å². The molecule has 0 radical (unpaired) electrons. The van der Waals surface area contributed by atoms with Crippen molar-refractivity contribution in [2.24, 2.45) is 13.0 Å². The van der Waals surface area contributed by atoms with Gasteiger partial charge in [-0.15, -0.1) is 0 Å². The molecule has 1 aromatic heterocycles. The molecule has 0 unspecified atom stereocenters. The standard InChI is InChI=1S/C23H27N3O2/c1-15-8-9-18(22(27)24(15)2)23(28)26-14-19(16-6-4-3-5-7-16)21-20(26)17-10-12-25(21)13-11-17/h3-9,17,19-21H,10-14H2,1-2H3/t19-,20+,21+/m0/s1. The Balaban J connectivity index is 1.55. The average molecular weight is 377 g/mol. The molecule has 2 bridgehead atoms. The number of likely N-dealkylation sites (tertiary alicyclic amines) is 1. The van der Waals surface area contributed by atoms with Gasteiger partial charge in [-0.3, -0.25) is 14.5 Å². The number of rotatable bonds is 2. The minimum atomic E-state index is -0.189. The van der Waals surface area contributed by atoms with E-state index in [1.807, 2.05) is 24.0 Å². The van der Waals surface area contributed by atoms with Crippen LogP contribution < -0.4 is 5.56 Å². The molecule has 5 heteroatoms. The Morgan fingerprint density at radius 1 is 1.00 bits per heavy atom. The highest BCUT2D eigenvalue weighted by atomic mass is 16.2. The van der Waals surface area contributed by atoms with Crippen molar-refractivity contribution in [3.05, 3.63) is 69.6 Å². The Kier molecular flexibility index (Phi) is 4.16. The lowest BCUT2D eigenvalue weighted by molar-refractivity contribution is -0.00347. The zero-order chi connectivity index (χ0) is 19.4. The fourth-order valence-electron chi connectivity index (χ4n) is 5.69. The first-order valence-corrected chi connectivity index (χ1v) is 10.3. The number of aromatic nitrogens is 1. The molecule has 0 saturated carbocycles. The molecular formula is C23H27N3O2. The summed E-state index contributed by atoms with van der Waals surface area (Å²) >= 11 is 0. The van der Waals surface area contributed by atoms with Gasteiger partial charge in [-0.2, -0.15) is 0 Å². The predicted octanol–water partition coefficient (Wildman–Crippen LogP) is 2.40. The van der Waals surface area contributed by atoms with E-state index in [-0.39, 0.29) is 17.5 Å². The molecule has 3 atom stereocenters. The monoisotopic (exact) mass is 377 g/mol. The summed E-state index contributed by atoms with van der Waals surface area (Å²) in [6, 6.07) is 14.7. The fraction of sp³-hybridized carbons (Fsp3) is 0.478.